The summed E-state index contributed by atoms with van der Waals surface area (Å²) < 4.78 is 4.83. The molecular formula is C19H32O4. The molecule has 0 fully saturated rings. The molecule has 0 saturated heterocycles. The first kappa shape index (κ1) is 21.6. The lowest BCUT2D eigenvalue weighted by atomic mass is 10.1. The molecule has 0 saturated carbocycles. The Labute approximate surface area is 140 Å². The van der Waals surface area contributed by atoms with Gasteiger partial charge in [0, 0.05) is 6.42 Å². The first-order valence-electron chi connectivity index (χ1n) is 8.60. The third-order valence-corrected chi connectivity index (χ3v) is 3.18. The summed E-state index contributed by atoms with van der Waals surface area (Å²) in [6, 6.07) is 0. The summed E-state index contributed by atoms with van der Waals surface area (Å²) in [6.07, 6.45) is 19.4. The molecule has 4 heteroatoms. The second-order valence-electron chi connectivity index (χ2n) is 5.41. The van der Waals surface area contributed by atoms with Crippen LogP contribution in [0.1, 0.15) is 58.3 Å². The van der Waals surface area contributed by atoms with Gasteiger partial charge in [0.25, 0.3) is 0 Å². The number of aliphatic hydroxyl groups is 2. The monoisotopic (exact) mass is 324 g/mol. The van der Waals surface area contributed by atoms with Gasteiger partial charge in [-0.15, -0.1) is 0 Å². The Morgan fingerprint density at radius 1 is 1.00 bits per heavy atom. The van der Waals surface area contributed by atoms with Crippen molar-refractivity contribution in [2.45, 2.75) is 64.4 Å². The molecule has 23 heavy (non-hydrogen) atoms. The number of aliphatic hydroxyl groups excluding tert-OH is 2. The van der Waals surface area contributed by atoms with Crippen molar-refractivity contribution in [1.29, 1.82) is 0 Å². The van der Waals surface area contributed by atoms with Crippen LogP contribution in [0.15, 0.2) is 36.5 Å². The van der Waals surface area contributed by atoms with E-state index in [1.165, 1.54) is 0 Å². The van der Waals surface area contributed by atoms with Gasteiger partial charge in [0.15, 0.2) is 0 Å². The summed E-state index contributed by atoms with van der Waals surface area (Å²) in [5.74, 6) is -0.310. The van der Waals surface area contributed by atoms with Crippen LogP contribution in [-0.2, 0) is 9.53 Å². The Balaban J connectivity index is 3.39. The van der Waals surface area contributed by atoms with Crippen molar-refractivity contribution in [3.05, 3.63) is 36.5 Å². The van der Waals surface area contributed by atoms with E-state index in [4.69, 9.17) is 14.9 Å². The molecule has 0 spiro atoms. The Hall–Kier alpha value is -1.39. The van der Waals surface area contributed by atoms with E-state index in [9.17, 15) is 4.79 Å². The molecule has 0 aromatic heterocycles. The third kappa shape index (κ3) is 16.8. The molecule has 1 atom stereocenters. The highest BCUT2D eigenvalue weighted by molar-refractivity contribution is 5.69. The number of ether oxygens (including phenoxy) is 1. The van der Waals surface area contributed by atoms with Gasteiger partial charge in [-0.25, -0.2) is 0 Å². The second-order valence-corrected chi connectivity index (χ2v) is 5.41. The molecule has 0 rings (SSSR count). The molecule has 4 nitrogen and oxygen atoms in total. The van der Waals surface area contributed by atoms with Crippen molar-refractivity contribution < 1.29 is 19.7 Å². The van der Waals surface area contributed by atoms with Gasteiger partial charge in [-0.05, 0) is 38.5 Å². The molecule has 0 aromatic rings. The highest BCUT2D eigenvalue weighted by Crippen LogP contribution is 2.05. The van der Waals surface area contributed by atoms with E-state index in [2.05, 4.69) is 43.4 Å². The van der Waals surface area contributed by atoms with E-state index in [-0.39, 0.29) is 19.2 Å². The average molecular weight is 324 g/mol. The van der Waals surface area contributed by atoms with Crippen LogP contribution >= 0.6 is 0 Å². The van der Waals surface area contributed by atoms with E-state index < -0.39 is 6.10 Å². The Morgan fingerprint density at radius 3 is 2.30 bits per heavy atom. The van der Waals surface area contributed by atoms with Crippen LogP contribution in [0.4, 0.5) is 0 Å². The van der Waals surface area contributed by atoms with E-state index >= 15 is 0 Å². The second kappa shape index (κ2) is 17.0. The fourth-order valence-corrected chi connectivity index (χ4v) is 1.85. The predicted molar refractivity (Wildman–Crippen MR) is 94.1 cm³/mol. The van der Waals surface area contributed by atoms with Crippen LogP contribution in [0.3, 0.4) is 0 Å². The SMILES string of the molecule is CC/C=C\C/C=C\C/C=C\CCCCCC(=O)OC[C@@H](O)CO. The largest absolute Gasteiger partial charge is 0.463 e. The van der Waals surface area contributed by atoms with Crippen molar-refractivity contribution >= 4 is 5.97 Å². The van der Waals surface area contributed by atoms with Crippen molar-refractivity contribution in [2.75, 3.05) is 13.2 Å². The number of carbonyl (C=O) groups excluding carboxylic acids is 1. The van der Waals surface area contributed by atoms with Gasteiger partial charge in [-0.3, -0.25) is 4.79 Å². The molecular weight excluding hydrogens is 292 g/mol. The summed E-state index contributed by atoms with van der Waals surface area (Å²) >= 11 is 0. The van der Waals surface area contributed by atoms with E-state index in [0.29, 0.717) is 6.42 Å². The van der Waals surface area contributed by atoms with Crippen LogP contribution in [0.5, 0.6) is 0 Å². The highest BCUT2D eigenvalue weighted by atomic mass is 16.5. The molecule has 0 bridgehead atoms. The first-order chi connectivity index (χ1) is 11.2. The molecule has 0 aliphatic heterocycles. The predicted octanol–water partition coefficient (Wildman–Crippen LogP) is 3.69. The average Bonchev–Trinajstić information content (AvgIpc) is 2.56. The van der Waals surface area contributed by atoms with Gasteiger partial charge < -0.3 is 14.9 Å². The van der Waals surface area contributed by atoms with Crippen LogP contribution in [-0.4, -0.2) is 35.5 Å². The fourth-order valence-electron chi connectivity index (χ4n) is 1.85. The lowest BCUT2D eigenvalue weighted by Crippen LogP contribution is -2.21. The molecule has 132 valence electrons. The number of carbonyl (C=O) groups is 1. The highest BCUT2D eigenvalue weighted by Gasteiger charge is 2.06. The Morgan fingerprint density at radius 2 is 1.65 bits per heavy atom. The molecule has 2 N–H and O–H groups in total. The standard InChI is InChI=1S/C19H32O4/c1-2-3-4-5-6-7-8-9-10-11-12-13-14-15-19(22)23-17-18(21)16-20/h3-4,6-7,9-10,18,20-21H,2,5,8,11-17H2,1H3/b4-3-,7-6-,10-9-/t18-/m0/s1. The van der Waals surface area contributed by atoms with Crippen LogP contribution < -0.4 is 0 Å². The van der Waals surface area contributed by atoms with Crippen LogP contribution in [0.2, 0.25) is 0 Å². The van der Waals surface area contributed by atoms with Gasteiger partial charge >= 0.3 is 5.97 Å². The number of esters is 1. The number of hydrogen-bond acceptors (Lipinski definition) is 4. The molecule has 0 amide bonds. The maximum atomic E-state index is 11.3. The smallest absolute Gasteiger partial charge is 0.305 e. The minimum absolute atomic E-state index is 0.125. The Kier molecular flexibility index (Phi) is 15.9. The van der Waals surface area contributed by atoms with Gasteiger partial charge in [0.2, 0.25) is 0 Å². The number of allylic oxidation sites excluding steroid dienone is 6. The van der Waals surface area contributed by atoms with Crippen molar-refractivity contribution in [2.24, 2.45) is 0 Å². The number of unbranched alkanes of at least 4 members (excludes halogenated alkanes) is 3. The lowest BCUT2D eigenvalue weighted by Gasteiger charge is -2.08. The maximum absolute atomic E-state index is 11.3. The van der Waals surface area contributed by atoms with Crippen LogP contribution in [0.25, 0.3) is 0 Å². The van der Waals surface area contributed by atoms with E-state index in [1.807, 2.05) is 0 Å². The quantitative estimate of drug-likeness (QED) is 0.290. The van der Waals surface area contributed by atoms with Crippen molar-refractivity contribution in [3.8, 4) is 0 Å². The van der Waals surface area contributed by atoms with Gasteiger partial charge in [-0.2, -0.15) is 0 Å². The van der Waals surface area contributed by atoms with Crippen molar-refractivity contribution in [3.63, 3.8) is 0 Å². The molecule has 0 aliphatic rings. The molecule has 0 heterocycles. The lowest BCUT2D eigenvalue weighted by molar-refractivity contribution is -0.147. The number of hydrogen-bond donors (Lipinski definition) is 2. The van der Waals surface area contributed by atoms with Gasteiger partial charge in [0.1, 0.15) is 12.7 Å². The van der Waals surface area contributed by atoms with Gasteiger partial charge in [0.05, 0.1) is 6.61 Å². The Bertz CT molecular complexity index is 358. The normalized spacial score (nSPS) is 13.3. The summed E-state index contributed by atoms with van der Waals surface area (Å²) in [5, 5.41) is 17.6. The third-order valence-electron chi connectivity index (χ3n) is 3.18. The maximum Gasteiger partial charge on any atom is 0.305 e. The van der Waals surface area contributed by atoms with Gasteiger partial charge in [-0.1, -0.05) is 49.8 Å². The summed E-state index contributed by atoms with van der Waals surface area (Å²) in [6.45, 7) is 1.62. The number of rotatable bonds is 14. The summed E-state index contributed by atoms with van der Waals surface area (Å²) in [5.41, 5.74) is 0. The first-order valence-corrected chi connectivity index (χ1v) is 8.60. The molecule has 0 aliphatic carbocycles. The molecule has 0 unspecified atom stereocenters. The van der Waals surface area contributed by atoms with E-state index in [0.717, 1.165) is 44.9 Å². The minimum Gasteiger partial charge on any atom is -0.463 e. The molecule has 0 aromatic carbocycles. The summed E-state index contributed by atoms with van der Waals surface area (Å²) in [4.78, 5) is 11.3. The zero-order valence-corrected chi connectivity index (χ0v) is 14.3. The van der Waals surface area contributed by atoms with E-state index in [1.54, 1.807) is 0 Å². The van der Waals surface area contributed by atoms with Crippen LogP contribution in [0, 0.1) is 0 Å². The minimum atomic E-state index is -0.971. The molecule has 0 radical (unpaired) electrons. The zero-order chi connectivity index (χ0) is 17.2. The topological polar surface area (TPSA) is 66.8 Å². The summed E-state index contributed by atoms with van der Waals surface area (Å²) in [7, 11) is 0. The fraction of sp³-hybridized carbons (Fsp3) is 0.632. The van der Waals surface area contributed by atoms with Crippen molar-refractivity contribution in [1.82, 2.24) is 0 Å². The zero-order valence-electron chi connectivity index (χ0n) is 14.3.